The molecule has 2 aromatic heterocycles. The Labute approximate surface area is 153 Å². The largest absolute Gasteiger partial charge is 0.504 e. The van der Waals surface area contributed by atoms with Crippen molar-refractivity contribution in [2.24, 2.45) is 0 Å². The molecular weight excluding hydrogens is 348 g/mol. The standard InChI is InChI=1S/C20H18N2O3S/c1-4-25-16-9-13(6-8-15(16)23)10-17-19(24)22-14-7-5-11(2)12(3)18(14)21-20(22)26-17/h5-10,23H,4H2,1-3H3/b17-10+. The van der Waals surface area contributed by atoms with Gasteiger partial charge in [0.05, 0.1) is 22.2 Å². The summed E-state index contributed by atoms with van der Waals surface area (Å²) in [5.41, 5.74) is 4.69. The molecule has 0 saturated carbocycles. The van der Waals surface area contributed by atoms with Gasteiger partial charge in [0.25, 0.3) is 5.56 Å². The summed E-state index contributed by atoms with van der Waals surface area (Å²) in [6, 6.07) is 9.02. The fourth-order valence-electron chi connectivity index (χ4n) is 3.01. The molecule has 4 rings (SSSR count). The Bertz CT molecular complexity index is 1250. The van der Waals surface area contributed by atoms with Crippen molar-refractivity contribution in [1.82, 2.24) is 9.38 Å². The zero-order chi connectivity index (χ0) is 18.4. The Hall–Kier alpha value is -2.86. The van der Waals surface area contributed by atoms with Crippen LogP contribution in [0.15, 0.2) is 35.1 Å². The van der Waals surface area contributed by atoms with E-state index in [2.05, 4.69) is 4.98 Å². The summed E-state index contributed by atoms with van der Waals surface area (Å²) in [4.78, 5) is 18.2. The molecule has 0 aliphatic carbocycles. The van der Waals surface area contributed by atoms with Gasteiger partial charge < -0.3 is 9.84 Å². The van der Waals surface area contributed by atoms with E-state index in [-0.39, 0.29) is 11.3 Å². The number of aryl methyl sites for hydroxylation is 2. The first-order chi connectivity index (χ1) is 12.5. The fourth-order valence-corrected chi connectivity index (χ4v) is 3.99. The smallest absolute Gasteiger partial charge is 0.274 e. The molecule has 2 aromatic carbocycles. The van der Waals surface area contributed by atoms with Crippen molar-refractivity contribution in [3.05, 3.63) is 61.9 Å². The van der Waals surface area contributed by atoms with Crippen LogP contribution in [0.4, 0.5) is 0 Å². The second kappa shape index (κ2) is 6.14. The van der Waals surface area contributed by atoms with E-state index >= 15 is 0 Å². The van der Waals surface area contributed by atoms with Gasteiger partial charge in [-0.15, -0.1) is 0 Å². The quantitative estimate of drug-likeness (QED) is 0.605. The average molecular weight is 366 g/mol. The zero-order valence-electron chi connectivity index (χ0n) is 14.7. The molecule has 26 heavy (non-hydrogen) atoms. The molecule has 0 saturated heterocycles. The fraction of sp³-hybridized carbons (Fsp3) is 0.200. The maximum atomic E-state index is 12.9. The minimum Gasteiger partial charge on any atom is -0.504 e. The lowest BCUT2D eigenvalue weighted by molar-refractivity contribution is 0.318. The van der Waals surface area contributed by atoms with Gasteiger partial charge in [-0.3, -0.25) is 4.79 Å². The van der Waals surface area contributed by atoms with Crippen LogP contribution in [0.5, 0.6) is 11.5 Å². The van der Waals surface area contributed by atoms with Crippen LogP contribution in [0.1, 0.15) is 23.6 Å². The van der Waals surface area contributed by atoms with Crippen LogP contribution < -0.4 is 14.8 Å². The molecule has 4 aromatic rings. The second-order valence-corrected chi connectivity index (χ2v) is 7.19. The Morgan fingerprint density at radius 1 is 1.27 bits per heavy atom. The summed E-state index contributed by atoms with van der Waals surface area (Å²) in [5, 5.41) is 9.82. The van der Waals surface area contributed by atoms with Gasteiger partial charge in [-0.05, 0) is 61.7 Å². The molecule has 0 aliphatic heterocycles. The van der Waals surface area contributed by atoms with Gasteiger partial charge in [0, 0.05) is 0 Å². The summed E-state index contributed by atoms with van der Waals surface area (Å²) in [7, 11) is 0. The first kappa shape index (κ1) is 16.6. The number of nitrogens with zero attached hydrogens (tertiary/aromatic N) is 2. The molecule has 0 bridgehead atoms. The third-order valence-corrected chi connectivity index (χ3v) is 5.49. The molecule has 2 heterocycles. The molecule has 1 N–H and O–H groups in total. The zero-order valence-corrected chi connectivity index (χ0v) is 15.6. The molecule has 6 heteroatoms. The topological polar surface area (TPSA) is 63.8 Å². The van der Waals surface area contributed by atoms with Gasteiger partial charge >= 0.3 is 0 Å². The highest BCUT2D eigenvalue weighted by molar-refractivity contribution is 7.15. The van der Waals surface area contributed by atoms with Crippen LogP contribution in [0.3, 0.4) is 0 Å². The van der Waals surface area contributed by atoms with Crippen molar-refractivity contribution >= 4 is 33.4 Å². The van der Waals surface area contributed by atoms with E-state index in [9.17, 15) is 9.90 Å². The number of ether oxygens (including phenoxy) is 1. The van der Waals surface area contributed by atoms with Crippen molar-refractivity contribution in [1.29, 1.82) is 0 Å². The second-order valence-electron chi connectivity index (χ2n) is 6.18. The highest BCUT2D eigenvalue weighted by atomic mass is 32.1. The van der Waals surface area contributed by atoms with Crippen LogP contribution in [0, 0.1) is 13.8 Å². The van der Waals surface area contributed by atoms with E-state index in [0.29, 0.717) is 21.8 Å². The minimum absolute atomic E-state index is 0.0817. The SMILES string of the molecule is CCOc1cc(/C=c2/sc3nc4c(C)c(C)ccc4n3c2=O)ccc1O. The number of phenolic OH excluding ortho intramolecular Hbond substituents is 1. The molecule has 0 aliphatic rings. The third-order valence-electron chi connectivity index (χ3n) is 4.52. The highest BCUT2D eigenvalue weighted by Crippen LogP contribution is 2.27. The number of benzene rings is 2. The highest BCUT2D eigenvalue weighted by Gasteiger charge is 2.13. The molecular formula is C20H18N2O3S. The maximum Gasteiger partial charge on any atom is 0.274 e. The normalized spacial score (nSPS) is 12.3. The minimum atomic E-state index is -0.0817. The molecule has 5 nitrogen and oxygen atoms in total. The predicted octanol–water partition coefficient (Wildman–Crippen LogP) is 3.18. The van der Waals surface area contributed by atoms with Gasteiger partial charge in [-0.25, -0.2) is 9.38 Å². The van der Waals surface area contributed by atoms with Gasteiger partial charge in [0.1, 0.15) is 0 Å². The van der Waals surface area contributed by atoms with Crippen molar-refractivity contribution < 1.29 is 9.84 Å². The van der Waals surface area contributed by atoms with Gasteiger partial charge in [-0.2, -0.15) is 0 Å². The van der Waals surface area contributed by atoms with E-state index < -0.39 is 0 Å². The first-order valence-corrected chi connectivity index (χ1v) is 9.20. The number of aromatic hydroxyl groups is 1. The maximum absolute atomic E-state index is 12.9. The predicted molar refractivity (Wildman–Crippen MR) is 104 cm³/mol. The van der Waals surface area contributed by atoms with Crippen molar-refractivity contribution in [3.8, 4) is 11.5 Å². The number of fused-ring (bicyclic) bond motifs is 3. The Balaban J connectivity index is 1.92. The van der Waals surface area contributed by atoms with E-state index in [1.807, 2.05) is 32.9 Å². The summed E-state index contributed by atoms with van der Waals surface area (Å²) in [6.07, 6.45) is 1.80. The summed E-state index contributed by atoms with van der Waals surface area (Å²) in [5.74, 6) is 0.496. The number of imidazole rings is 1. The van der Waals surface area contributed by atoms with Crippen molar-refractivity contribution in [2.45, 2.75) is 20.8 Å². The molecule has 0 atom stereocenters. The van der Waals surface area contributed by atoms with Crippen LogP contribution in [-0.4, -0.2) is 21.1 Å². The van der Waals surface area contributed by atoms with E-state index in [1.165, 1.54) is 11.3 Å². The number of thiazole rings is 1. The van der Waals surface area contributed by atoms with Gasteiger partial charge in [0.15, 0.2) is 16.5 Å². The number of rotatable bonds is 3. The molecule has 0 unspecified atom stereocenters. The third kappa shape index (κ3) is 2.54. The molecule has 0 spiro atoms. The Morgan fingerprint density at radius 2 is 2.08 bits per heavy atom. The van der Waals surface area contributed by atoms with Crippen LogP contribution >= 0.6 is 11.3 Å². The van der Waals surface area contributed by atoms with Crippen LogP contribution in [-0.2, 0) is 0 Å². The lowest BCUT2D eigenvalue weighted by Crippen LogP contribution is -2.22. The lowest BCUT2D eigenvalue weighted by Gasteiger charge is -2.05. The van der Waals surface area contributed by atoms with Crippen molar-refractivity contribution in [2.75, 3.05) is 6.61 Å². The first-order valence-electron chi connectivity index (χ1n) is 8.38. The summed E-state index contributed by atoms with van der Waals surface area (Å²) >= 11 is 1.36. The number of hydrogen-bond donors (Lipinski definition) is 1. The molecule has 0 radical (unpaired) electrons. The number of aromatic nitrogens is 2. The van der Waals surface area contributed by atoms with E-state index in [1.54, 1.807) is 28.7 Å². The van der Waals surface area contributed by atoms with Crippen molar-refractivity contribution in [3.63, 3.8) is 0 Å². The van der Waals surface area contributed by atoms with Gasteiger partial charge in [0.2, 0.25) is 0 Å². The lowest BCUT2D eigenvalue weighted by atomic mass is 10.1. The molecule has 132 valence electrons. The summed E-state index contributed by atoms with van der Waals surface area (Å²) < 4.78 is 7.68. The average Bonchev–Trinajstić information content (AvgIpc) is 3.12. The Kier molecular flexibility index (Phi) is 3.92. The van der Waals surface area contributed by atoms with E-state index in [0.717, 1.165) is 27.7 Å². The molecule has 0 fully saturated rings. The molecule has 0 amide bonds. The van der Waals surface area contributed by atoms with E-state index in [4.69, 9.17) is 4.74 Å². The number of phenols is 1. The monoisotopic (exact) mass is 366 g/mol. The van der Waals surface area contributed by atoms with Gasteiger partial charge in [-0.1, -0.05) is 23.5 Å². The number of hydrogen-bond acceptors (Lipinski definition) is 5. The Morgan fingerprint density at radius 3 is 2.85 bits per heavy atom. The van der Waals surface area contributed by atoms with Crippen LogP contribution in [0.25, 0.3) is 22.1 Å². The van der Waals surface area contributed by atoms with Crippen LogP contribution in [0.2, 0.25) is 0 Å². The summed E-state index contributed by atoms with van der Waals surface area (Å²) in [6.45, 7) is 6.38.